The fourth-order valence-electron chi connectivity index (χ4n) is 6.53. The van der Waals surface area contributed by atoms with Gasteiger partial charge in [-0.2, -0.15) is 8.61 Å². The van der Waals surface area contributed by atoms with E-state index in [2.05, 4.69) is 0 Å². The molecule has 2 aliphatic rings. The third-order valence-electron chi connectivity index (χ3n) is 8.97. The molecule has 2 heterocycles. The molecule has 0 saturated carbocycles. The van der Waals surface area contributed by atoms with Crippen LogP contribution < -0.4 is 0 Å². The van der Waals surface area contributed by atoms with E-state index in [1.165, 1.54) is 8.61 Å². The Hall–Kier alpha value is -3.63. The molecular weight excluding hydrogens is 593 g/mol. The van der Waals surface area contributed by atoms with E-state index in [9.17, 15) is 21.6 Å². The van der Waals surface area contributed by atoms with Gasteiger partial charge in [0.25, 0.3) is 0 Å². The van der Waals surface area contributed by atoms with E-state index in [1.807, 2.05) is 75.4 Å². The first-order chi connectivity index (χ1) is 21.0. The maximum absolute atomic E-state index is 14.5. The molecule has 0 bridgehead atoms. The zero-order chi connectivity index (χ0) is 31.2. The molecule has 0 aliphatic carbocycles. The predicted octanol–water partition coefficient (Wildman–Crippen LogP) is 6.14. The number of hydrogen-bond acceptors (Lipinski definition) is 5. The van der Waals surface area contributed by atoms with E-state index >= 15 is 0 Å². The molecule has 4 atom stereocenters. The van der Waals surface area contributed by atoms with Crippen molar-refractivity contribution in [2.45, 2.75) is 61.5 Å². The van der Waals surface area contributed by atoms with Gasteiger partial charge < -0.3 is 0 Å². The summed E-state index contributed by atoms with van der Waals surface area (Å²) in [5, 5.41) is 0. The van der Waals surface area contributed by atoms with Gasteiger partial charge in [0.15, 0.2) is 0 Å². The van der Waals surface area contributed by atoms with Crippen molar-refractivity contribution in [1.82, 2.24) is 8.61 Å². The molecule has 2 aliphatic heterocycles. The van der Waals surface area contributed by atoms with E-state index in [1.54, 1.807) is 48.5 Å². The average molecular weight is 629 g/mol. The number of hydrogen-bond donors (Lipinski definition) is 0. The number of piperidine rings is 2. The van der Waals surface area contributed by atoms with Gasteiger partial charge in [-0.25, -0.2) is 16.8 Å². The molecule has 6 rings (SSSR count). The minimum Gasteiger partial charge on any atom is -0.299 e. The summed E-state index contributed by atoms with van der Waals surface area (Å²) in [6.07, 6.45) is 0.100. The summed E-state index contributed by atoms with van der Waals surface area (Å²) in [5.74, 6) is -0.956. The second kappa shape index (κ2) is 11.7. The molecule has 0 N–H and O–H groups in total. The first-order valence-electron chi connectivity index (χ1n) is 14.8. The van der Waals surface area contributed by atoms with Crippen LogP contribution in [0, 0.1) is 26.7 Å². The van der Waals surface area contributed by atoms with Crippen LogP contribution in [-0.2, 0) is 24.8 Å². The first kappa shape index (κ1) is 30.4. The number of fused-ring (bicyclic) bond motifs is 1. The van der Waals surface area contributed by atoms with Crippen molar-refractivity contribution in [2.24, 2.45) is 5.92 Å². The highest BCUT2D eigenvalue weighted by Gasteiger charge is 2.54. The Labute approximate surface area is 260 Å². The molecule has 0 amide bonds. The van der Waals surface area contributed by atoms with Crippen LogP contribution in [-0.4, -0.2) is 43.8 Å². The van der Waals surface area contributed by atoms with Gasteiger partial charge in [0, 0.05) is 24.9 Å². The summed E-state index contributed by atoms with van der Waals surface area (Å²) in [6, 6.07) is 28.2. The average Bonchev–Trinajstić information content (AvgIpc) is 3.01. The molecule has 9 heteroatoms. The van der Waals surface area contributed by atoms with Crippen molar-refractivity contribution in [3.05, 3.63) is 131 Å². The fourth-order valence-corrected chi connectivity index (χ4v) is 10.0. The minimum atomic E-state index is -4.08. The third kappa shape index (κ3) is 5.54. The van der Waals surface area contributed by atoms with E-state index in [0.717, 1.165) is 27.8 Å². The summed E-state index contributed by atoms with van der Waals surface area (Å²) in [4.78, 5) is 14.3. The zero-order valence-electron chi connectivity index (χ0n) is 25.0. The number of benzene rings is 4. The number of carbonyl (C=O) groups is 1. The van der Waals surface area contributed by atoms with Gasteiger partial charge in [-0.15, -0.1) is 0 Å². The number of sulfonamides is 2. The second-order valence-corrected chi connectivity index (χ2v) is 15.7. The van der Waals surface area contributed by atoms with Crippen LogP contribution in [0.4, 0.5) is 0 Å². The monoisotopic (exact) mass is 628 g/mol. The molecule has 0 radical (unpaired) electrons. The highest BCUT2D eigenvalue weighted by Crippen LogP contribution is 2.48. The molecule has 0 spiro atoms. The van der Waals surface area contributed by atoms with Crippen molar-refractivity contribution in [3.63, 3.8) is 0 Å². The van der Waals surface area contributed by atoms with Gasteiger partial charge in [-0.3, -0.25) is 4.79 Å². The lowest BCUT2D eigenvalue weighted by Gasteiger charge is -2.51. The molecule has 44 heavy (non-hydrogen) atoms. The van der Waals surface area contributed by atoms with Gasteiger partial charge in [-0.1, -0.05) is 95.6 Å². The minimum absolute atomic E-state index is 0.0378. The molecule has 7 nitrogen and oxygen atoms in total. The maximum atomic E-state index is 14.5. The predicted molar refractivity (Wildman–Crippen MR) is 170 cm³/mol. The highest BCUT2D eigenvalue weighted by atomic mass is 32.2. The number of carbonyl (C=O) groups excluding carboxylic acids is 1. The first-order valence-corrected chi connectivity index (χ1v) is 17.7. The second-order valence-electron chi connectivity index (χ2n) is 12.0. The number of Topliss-reactive ketones (excluding diaryl/α,β-unsaturated/α-hetero) is 1. The van der Waals surface area contributed by atoms with E-state index in [0.29, 0.717) is 0 Å². The Kier molecular flexibility index (Phi) is 8.09. The summed E-state index contributed by atoms with van der Waals surface area (Å²) < 4.78 is 60.5. The Bertz CT molecular complexity index is 1870. The van der Waals surface area contributed by atoms with Crippen LogP contribution in [0.3, 0.4) is 0 Å². The van der Waals surface area contributed by atoms with Crippen LogP contribution in [0.15, 0.2) is 113 Å². The van der Waals surface area contributed by atoms with Crippen molar-refractivity contribution in [1.29, 1.82) is 0 Å². The molecule has 0 aromatic heterocycles. The van der Waals surface area contributed by atoms with Gasteiger partial charge in [0.1, 0.15) is 5.78 Å². The Morgan fingerprint density at radius 3 is 1.61 bits per heavy atom. The van der Waals surface area contributed by atoms with Crippen molar-refractivity contribution in [3.8, 4) is 0 Å². The molecular formula is C35H36N2O5S2. The number of aryl methyl sites for hydroxylation is 3. The SMILES string of the molecule is Cc1ccc([C@@H]2C[C@H]3[C@@H](CN2S(=O)(=O)c2ccc(C)cc2)C(=O)C[C@@H](c2ccccc2)N3S(=O)(=O)c2ccc(C)cc2)cc1. The molecule has 228 valence electrons. The Balaban J connectivity index is 1.50. The standard InChI is InChI=1S/C35H36N2O5S2/c1-24-9-15-28(16-10-24)32-21-34-31(23-36(32)43(39,40)29-17-11-25(2)12-18-29)35(38)22-33(27-7-5-4-6-8-27)37(34)44(41,42)30-19-13-26(3)14-20-30/h4-20,31-34H,21-23H2,1-3H3/t31-,32+,33+,34+/m1/s1. The lowest BCUT2D eigenvalue weighted by atomic mass is 9.77. The Morgan fingerprint density at radius 1 is 0.591 bits per heavy atom. The van der Waals surface area contributed by atoms with Gasteiger partial charge in [-0.05, 0) is 62.6 Å². The molecule has 4 aromatic carbocycles. The summed E-state index contributed by atoms with van der Waals surface area (Å²) in [5.41, 5.74) is 4.38. The van der Waals surface area contributed by atoms with Crippen molar-refractivity contribution < 1.29 is 21.6 Å². The van der Waals surface area contributed by atoms with Gasteiger partial charge >= 0.3 is 0 Å². The van der Waals surface area contributed by atoms with Crippen LogP contribution in [0.25, 0.3) is 0 Å². The normalized spacial score (nSPS) is 23.3. The number of ketones is 1. The van der Waals surface area contributed by atoms with E-state index < -0.39 is 44.1 Å². The van der Waals surface area contributed by atoms with Crippen LogP contribution in [0.5, 0.6) is 0 Å². The summed E-state index contributed by atoms with van der Waals surface area (Å²) in [7, 11) is -8.10. The summed E-state index contributed by atoms with van der Waals surface area (Å²) in [6.45, 7) is 5.64. The molecule has 4 aromatic rings. The van der Waals surface area contributed by atoms with Gasteiger partial charge in [0.05, 0.1) is 21.9 Å². The number of rotatable bonds is 6. The summed E-state index contributed by atoms with van der Waals surface area (Å²) >= 11 is 0. The topological polar surface area (TPSA) is 91.8 Å². The van der Waals surface area contributed by atoms with Crippen molar-refractivity contribution >= 4 is 25.8 Å². The van der Waals surface area contributed by atoms with E-state index in [-0.39, 0.29) is 35.0 Å². The van der Waals surface area contributed by atoms with Crippen LogP contribution in [0.1, 0.15) is 52.7 Å². The molecule has 2 fully saturated rings. The zero-order valence-corrected chi connectivity index (χ0v) is 26.6. The Morgan fingerprint density at radius 2 is 1.07 bits per heavy atom. The van der Waals surface area contributed by atoms with Crippen LogP contribution >= 0.6 is 0 Å². The quantitative estimate of drug-likeness (QED) is 0.256. The molecule has 0 unspecified atom stereocenters. The largest absolute Gasteiger partial charge is 0.299 e. The lowest BCUT2D eigenvalue weighted by Crippen LogP contribution is -2.60. The third-order valence-corrected chi connectivity index (χ3v) is 12.8. The molecule has 2 saturated heterocycles. The highest BCUT2D eigenvalue weighted by molar-refractivity contribution is 7.89. The lowest BCUT2D eigenvalue weighted by molar-refractivity contribution is -0.132. The van der Waals surface area contributed by atoms with Crippen LogP contribution in [0.2, 0.25) is 0 Å². The fraction of sp³-hybridized carbons (Fsp3) is 0.286. The van der Waals surface area contributed by atoms with Crippen molar-refractivity contribution in [2.75, 3.05) is 6.54 Å². The van der Waals surface area contributed by atoms with Gasteiger partial charge in [0.2, 0.25) is 20.0 Å². The maximum Gasteiger partial charge on any atom is 0.243 e. The van der Waals surface area contributed by atoms with E-state index in [4.69, 9.17) is 0 Å². The number of nitrogens with zero attached hydrogens (tertiary/aromatic N) is 2. The smallest absolute Gasteiger partial charge is 0.243 e.